The topological polar surface area (TPSA) is 26.3 Å². The van der Waals surface area contributed by atoms with Gasteiger partial charge in [0.1, 0.15) is 7.85 Å². The predicted molar refractivity (Wildman–Crippen MR) is 58.4 cm³/mol. The van der Waals surface area contributed by atoms with Gasteiger partial charge in [0.2, 0.25) is 0 Å². The second-order valence-electron chi connectivity index (χ2n) is 5.57. The monoisotopic (exact) mass is 292 g/mol. The van der Waals surface area contributed by atoms with E-state index < -0.39 is 35.7 Å². The predicted octanol–water partition coefficient (Wildman–Crippen LogP) is 2.88. The van der Waals surface area contributed by atoms with Crippen LogP contribution in [0.4, 0.5) is 26.3 Å². The fourth-order valence-electron chi connectivity index (χ4n) is 1.55. The maximum atomic E-state index is 12.2. The van der Waals surface area contributed by atoms with Crippen LogP contribution in [0.2, 0.25) is 5.82 Å². The zero-order chi connectivity index (χ0) is 15.6. The molecule has 0 saturated carbocycles. The van der Waals surface area contributed by atoms with Gasteiger partial charge in [0.25, 0.3) is 6.10 Å². The second kappa shape index (κ2) is 5.62. The minimum atomic E-state index is -5.67. The molecule has 0 aromatic heterocycles. The van der Waals surface area contributed by atoms with Gasteiger partial charge in [0, 0.05) is 5.82 Å². The Bertz CT molecular complexity index is 303. The molecule has 0 N–H and O–H groups in total. The van der Waals surface area contributed by atoms with E-state index in [0.29, 0.717) is 0 Å². The molecule has 0 rings (SSSR count). The molecular weight excluding hydrogens is 277 g/mol. The van der Waals surface area contributed by atoms with Crippen LogP contribution in [-0.2, 0) is 9.53 Å². The van der Waals surface area contributed by atoms with E-state index in [2.05, 4.69) is 4.74 Å². The van der Waals surface area contributed by atoms with E-state index in [0.717, 1.165) is 0 Å². The Morgan fingerprint density at radius 3 is 1.68 bits per heavy atom. The van der Waals surface area contributed by atoms with E-state index in [9.17, 15) is 31.1 Å². The molecule has 0 spiro atoms. The molecule has 19 heavy (non-hydrogen) atoms. The summed E-state index contributed by atoms with van der Waals surface area (Å²) in [6.07, 6.45) is -15.3. The van der Waals surface area contributed by atoms with Crippen molar-refractivity contribution in [1.29, 1.82) is 0 Å². The Hall–Kier alpha value is -0.885. The lowest BCUT2D eigenvalue weighted by molar-refractivity contribution is -0.313. The summed E-state index contributed by atoms with van der Waals surface area (Å²) < 4.78 is 76.7. The summed E-state index contributed by atoms with van der Waals surface area (Å²) >= 11 is 0. The summed E-state index contributed by atoms with van der Waals surface area (Å²) in [5.74, 6) is -2.55. The minimum absolute atomic E-state index is 0.119. The largest absolute Gasteiger partial charge is 0.443 e. The molecule has 0 saturated heterocycles. The van der Waals surface area contributed by atoms with E-state index in [1.54, 1.807) is 20.8 Å². The Kier molecular flexibility index (Phi) is 5.36. The van der Waals surface area contributed by atoms with E-state index in [4.69, 9.17) is 0 Å². The van der Waals surface area contributed by atoms with Crippen LogP contribution in [0.15, 0.2) is 0 Å². The Labute approximate surface area is 107 Å². The van der Waals surface area contributed by atoms with Gasteiger partial charge in [-0.3, -0.25) is 4.79 Å². The summed E-state index contributed by atoms with van der Waals surface area (Å²) in [6.45, 7) is 5.13. The third-order valence-corrected chi connectivity index (χ3v) is 2.15. The van der Waals surface area contributed by atoms with Gasteiger partial charge < -0.3 is 4.74 Å². The number of alkyl halides is 6. The fraction of sp³-hybridized carbons (Fsp3) is 0.900. The van der Waals surface area contributed by atoms with Crippen molar-refractivity contribution in [3.05, 3.63) is 0 Å². The molecule has 0 bridgehead atoms. The van der Waals surface area contributed by atoms with E-state index in [-0.39, 0.29) is 6.42 Å². The van der Waals surface area contributed by atoms with Crippen LogP contribution in [0.5, 0.6) is 0 Å². The minimum Gasteiger partial charge on any atom is -0.443 e. The number of carbonyl (C=O) groups is 1. The SMILES string of the molecule is BC(CC(C)(C)C)C(=O)OC(C(F)(F)F)C(F)(F)F. The fourth-order valence-corrected chi connectivity index (χ4v) is 1.55. The number of rotatable bonds is 3. The van der Waals surface area contributed by atoms with Gasteiger partial charge in [-0.2, -0.15) is 26.3 Å². The maximum absolute atomic E-state index is 12.2. The van der Waals surface area contributed by atoms with Gasteiger partial charge in [0.15, 0.2) is 0 Å². The molecule has 0 aromatic rings. The van der Waals surface area contributed by atoms with E-state index in [1.807, 2.05) is 0 Å². The highest BCUT2D eigenvalue weighted by Crippen LogP contribution is 2.37. The lowest BCUT2D eigenvalue weighted by Gasteiger charge is -2.26. The standard InChI is InChI=1S/C10H15BF6O2/c1-8(2,3)4-5(11)6(18)19-7(9(12,13)14)10(15,16)17/h5,7H,4,11H2,1-3H3. The summed E-state index contributed by atoms with van der Waals surface area (Å²) in [6, 6.07) is 0. The first-order valence-electron chi connectivity index (χ1n) is 5.48. The number of hydrogen-bond acceptors (Lipinski definition) is 2. The third-order valence-electron chi connectivity index (χ3n) is 2.15. The highest BCUT2D eigenvalue weighted by molar-refractivity contribution is 6.22. The number of carbonyl (C=O) groups excluding carboxylic acids is 1. The van der Waals surface area contributed by atoms with Crippen LogP contribution in [0.25, 0.3) is 0 Å². The zero-order valence-corrected chi connectivity index (χ0v) is 10.9. The summed E-state index contributed by atoms with van der Waals surface area (Å²) in [7, 11) is 1.23. The van der Waals surface area contributed by atoms with Crippen LogP contribution in [-0.4, -0.2) is 32.3 Å². The van der Waals surface area contributed by atoms with Crippen LogP contribution in [0.1, 0.15) is 27.2 Å². The van der Waals surface area contributed by atoms with Gasteiger partial charge in [-0.15, -0.1) is 0 Å². The molecule has 0 aromatic carbocycles. The lowest BCUT2D eigenvalue weighted by atomic mass is 9.75. The van der Waals surface area contributed by atoms with E-state index in [1.165, 1.54) is 7.85 Å². The smallest absolute Gasteiger partial charge is 0.434 e. The first-order chi connectivity index (χ1) is 8.14. The van der Waals surface area contributed by atoms with Crippen molar-refractivity contribution in [2.24, 2.45) is 5.41 Å². The molecule has 112 valence electrons. The average Bonchev–Trinajstić information content (AvgIpc) is 2.06. The van der Waals surface area contributed by atoms with Gasteiger partial charge in [-0.25, -0.2) is 0 Å². The zero-order valence-electron chi connectivity index (χ0n) is 10.9. The Morgan fingerprint density at radius 2 is 1.42 bits per heavy atom. The first-order valence-corrected chi connectivity index (χ1v) is 5.48. The number of esters is 1. The number of hydrogen-bond donors (Lipinski definition) is 0. The van der Waals surface area contributed by atoms with Crippen molar-refractivity contribution in [1.82, 2.24) is 0 Å². The van der Waals surface area contributed by atoms with Crippen molar-refractivity contribution >= 4 is 13.8 Å². The summed E-state index contributed by atoms with van der Waals surface area (Å²) in [5, 5.41) is 0. The van der Waals surface area contributed by atoms with Crippen molar-refractivity contribution in [2.75, 3.05) is 0 Å². The molecule has 0 fully saturated rings. The Balaban J connectivity index is 4.84. The van der Waals surface area contributed by atoms with Crippen molar-refractivity contribution in [3.8, 4) is 0 Å². The van der Waals surface area contributed by atoms with Crippen LogP contribution < -0.4 is 0 Å². The number of halogens is 6. The molecule has 9 heteroatoms. The third kappa shape index (κ3) is 6.72. The molecule has 0 aliphatic carbocycles. The Morgan fingerprint density at radius 1 is 1.05 bits per heavy atom. The van der Waals surface area contributed by atoms with Crippen molar-refractivity contribution in [3.63, 3.8) is 0 Å². The maximum Gasteiger partial charge on any atom is 0.434 e. The molecule has 0 amide bonds. The average molecular weight is 292 g/mol. The molecular formula is C10H15BF6O2. The lowest BCUT2D eigenvalue weighted by Crippen LogP contribution is -2.46. The quantitative estimate of drug-likeness (QED) is 0.454. The normalized spacial score (nSPS) is 15.5. The van der Waals surface area contributed by atoms with Crippen molar-refractivity contribution < 1.29 is 35.9 Å². The van der Waals surface area contributed by atoms with E-state index >= 15 is 0 Å². The molecule has 0 heterocycles. The molecule has 1 unspecified atom stereocenters. The van der Waals surface area contributed by atoms with Crippen LogP contribution in [0.3, 0.4) is 0 Å². The molecule has 1 atom stereocenters. The number of ether oxygens (including phenoxy) is 1. The van der Waals surface area contributed by atoms with Crippen molar-refractivity contribution in [2.45, 2.75) is 51.5 Å². The molecule has 2 nitrogen and oxygen atoms in total. The molecule has 0 radical (unpaired) electrons. The molecule has 0 aliphatic heterocycles. The highest BCUT2D eigenvalue weighted by Gasteiger charge is 2.60. The van der Waals surface area contributed by atoms with Crippen LogP contribution in [0, 0.1) is 5.41 Å². The highest BCUT2D eigenvalue weighted by atomic mass is 19.4. The van der Waals surface area contributed by atoms with Gasteiger partial charge >= 0.3 is 18.3 Å². The first kappa shape index (κ1) is 18.1. The van der Waals surface area contributed by atoms with Gasteiger partial charge in [0.05, 0.1) is 0 Å². The summed E-state index contributed by atoms with van der Waals surface area (Å²) in [5.41, 5.74) is -0.412. The second-order valence-corrected chi connectivity index (χ2v) is 5.57. The summed E-state index contributed by atoms with van der Waals surface area (Å²) in [4.78, 5) is 11.3. The molecule has 0 aliphatic rings. The van der Waals surface area contributed by atoms with Gasteiger partial charge in [-0.05, 0) is 11.8 Å². The van der Waals surface area contributed by atoms with Gasteiger partial charge in [-0.1, -0.05) is 20.8 Å². The van der Waals surface area contributed by atoms with Crippen LogP contribution >= 0.6 is 0 Å².